The molecule has 0 saturated carbocycles. The molecule has 1 aliphatic rings. The number of nitrogen functional groups attached to an aromatic ring is 1. The fraction of sp³-hybridized carbons (Fsp3) is 0.615. The zero-order valence-corrected chi connectivity index (χ0v) is 11.7. The first kappa shape index (κ1) is 14.0. The van der Waals surface area contributed by atoms with Gasteiger partial charge in [-0.05, 0) is 32.1 Å². The highest BCUT2D eigenvalue weighted by Crippen LogP contribution is 2.22. The van der Waals surface area contributed by atoms with Gasteiger partial charge in [-0.25, -0.2) is 5.84 Å². The highest BCUT2D eigenvalue weighted by atomic mass is 16.4. The molecule has 0 bridgehead atoms. The molecule has 19 heavy (non-hydrogen) atoms. The second-order valence-electron chi connectivity index (χ2n) is 5.44. The van der Waals surface area contributed by atoms with Crippen LogP contribution in [0, 0.1) is 5.92 Å². The normalized spacial score (nSPS) is 24.1. The molecule has 1 saturated heterocycles. The van der Waals surface area contributed by atoms with Crippen LogP contribution in [0.5, 0.6) is 0 Å². The summed E-state index contributed by atoms with van der Waals surface area (Å²) in [7, 11) is 4.22. The van der Waals surface area contributed by atoms with Crippen molar-refractivity contribution in [1.29, 1.82) is 0 Å². The summed E-state index contributed by atoms with van der Waals surface area (Å²) in [5, 5.41) is 0. The number of amides is 1. The molecule has 2 unspecified atom stereocenters. The highest BCUT2D eigenvalue weighted by molar-refractivity contribution is 5.90. The van der Waals surface area contributed by atoms with Gasteiger partial charge in [0.2, 0.25) is 0 Å². The molecule has 6 nitrogen and oxygen atoms in total. The van der Waals surface area contributed by atoms with Crippen LogP contribution >= 0.6 is 0 Å². The predicted molar refractivity (Wildman–Crippen MR) is 72.3 cm³/mol. The van der Waals surface area contributed by atoms with Crippen LogP contribution in [0.1, 0.15) is 23.2 Å². The van der Waals surface area contributed by atoms with Crippen LogP contribution < -0.4 is 11.3 Å². The van der Waals surface area contributed by atoms with Gasteiger partial charge in [-0.2, -0.15) is 0 Å². The maximum atomic E-state index is 11.3. The lowest BCUT2D eigenvalue weighted by molar-refractivity contribution is 0.0922. The molecule has 0 aromatic carbocycles. The zero-order chi connectivity index (χ0) is 14.0. The first-order chi connectivity index (χ1) is 9.01. The van der Waals surface area contributed by atoms with Gasteiger partial charge in [-0.1, -0.05) is 6.92 Å². The third-order valence-electron chi connectivity index (χ3n) is 3.71. The van der Waals surface area contributed by atoms with Crippen molar-refractivity contribution in [2.24, 2.45) is 11.8 Å². The average molecular weight is 266 g/mol. The van der Waals surface area contributed by atoms with Crippen molar-refractivity contribution in [2.75, 3.05) is 27.2 Å². The Hall–Kier alpha value is -1.37. The van der Waals surface area contributed by atoms with Gasteiger partial charge in [0.25, 0.3) is 0 Å². The Bertz CT molecular complexity index is 444. The molecular formula is C13H22N4O2. The van der Waals surface area contributed by atoms with Gasteiger partial charge in [0.05, 0.1) is 6.54 Å². The number of nitrogens with one attached hydrogen (secondary N) is 1. The molecule has 1 amide bonds. The fourth-order valence-corrected chi connectivity index (χ4v) is 2.73. The Morgan fingerprint density at radius 2 is 2.26 bits per heavy atom. The maximum absolute atomic E-state index is 11.3. The molecular weight excluding hydrogens is 244 g/mol. The summed E-state index contributed by atoms with van der Waals surface area (Å²) in [6.45, 7) is 5.06. The van der Waals surface area contributed by atoms with E-state index in [1.807, 2.05) is 6.07 Å². The van der Waals surface area contributed by atoms with Gasteiger partial charge in [0.15, 0.2) is 5.76 Å². The third-order valence-corrected chi connectivity index (χ3v) is 3.71. The van der Waals surface area contributed by atoms with Crippen LogP contribution in [0.15, 0.2) is 16.5 Å². The Morgan fingerprint density at radius 1 is 1.53 bits per heavy atom. The molecule has 3 N–H and O–H groups in total. The van der Waals surface area contributed by atoms with Crippen molar-refractivity contribution >= 4 is 5.91 Å². The van der Waals surface area contributed by atoms with E-state index in [1.165, 1.54) is 0 Å². The minimum Gasteiger partial charge on any atom is -0.455 e. The Balaban J connectivity index is 1.95. The fourth-order valence-electron chi connectivity index (χ4n) is 2.73. The lowest BCUT2D eigenvalue weighted by Crippen LogP contribution is -2.34. The van der Waals surface area contributed by atoms with Crippen molar-refractivity contribution in [1.82, 2.24) is 15.2 Å². The Labute approximate surface area is 113 Å². The van der Waals surface area contributed by atoms with Crippen molar-refractivity contribution in [3.8, 4) is 0 Å². The maximum Gasteiger partial charge on any atom is 0.300 e. The number of carbonyl (C=O) groups excluding carboxylic acids is 1. The second-order valence-corrected chi connectivity index (χ2v) is 5.44. The summed E-state index contributed by atoms with van der Waals surface area (Å²) in [5.74, 6) is 6.37. The molecule has 1 aromatic heterocycles. The molecule has 2 rings (SSSR count). The van der Waals surface area contributed by atoms with Gasteiger partial charge in [-0.15, -0.1) is 0 Å². The van der Waals surface area contributed by atoms with Crippen molar-refractivity contribution in [2.45, 2.75) is 19.5 Å². The van der Waals surface area contributed by atoms with E-state index in [2.05, 4.69) is 36.2 Å². The molecule has 2 heterocycles. The van der Waals surface area contributed by atoms with E-state index in [4.69, 9.17) is 10.3 Å². The number of rotatable bonds is 4. The second kappa shape index (κ2) is 5.73. The van der Waals surface area contributed by atoms with Gasteiger partial charge in [0.1, 0.15) is 5.76 Å². The van der Waals surface area contributed by atoms with Crippen LogP contribution in [0.2, 0.25) is 0 Å². The van der Waals surface area contributed by atoms with E-state index in [0.717, 1.165) is 25.4 Å². The Morgan fingerprint density at radius 3 is 2.84 bits per heavy atom. The van der Waals surface area contributed by atoms with E-state index in [9.17, 15) is 4.79 Å². The number of likely N-dealkylation sites (tertiary alicyclic amines) is 1. The predicted octanol–water partition coefficient (Wildman–Crippen LogP) is 0.265. The number of furan rings is 1. The molecule has 0 spiro atoms. The highest BCUT2D eigenvalue weighted by Gasteiger charge is 2.31. The summed E-state index contributed by atoms with van der Waals surface area (Å²) in [6.07, 6.45) is 0. The van der Waals surface area contributed by atoms with Gasteiger partial charge in [0, 0.05) is 19.1 Å². The molecule has 0 aliphatic carbocycles. The molecule has 1 aliphatic heterocycles. The zero-order valence-electron chi connectivity index (χ0n) is 11.7. The molecule has 1 aromatic rings. The number of likely N-dealkylation sites (N-methyl/N-ethyl adjacent to an activating group) is 1. The van der Waals surface area contributed by atoms with Gasteiger partial charge < -0.3 is 9.32 Å². The van der Waals surface area contributed by atoms with E-state index in [0.29, 0.717) is 12.0 Å². The van der Waals surface area contributed by atoms with Crippen LogP contribution in [0.25, 0.3) is 0 Å². The summed E-state index contributed by atoms with van der Waals surface area (Å²) >= 11 is 0. The summed E-state index contributed by atoms with van der Waals surface area (Å²) in [4.78, 5) is 15.9. The number of nitrogens with zero attached hydrogens (tertiary/aromatic N) is 2. The van der Waals surface area contributed by atoms with Crippen LogP contribution in [-0.4, -0.2) is 48.9 Å². The smallest absolute Gasteiger partial charge is 0.300 e. The SMILES string of the molecule is CC1CN(Cc2ccc(C(=O)NN)o2)CC1N(C)C. The molecule has 2 atom stereocenters. The monoisotopic (exact) mass is 266 g/mol. The molecule has 1 fully saturated rings. The topological polar surface area (TPSA) is 74.7 Å². The van der Waals surface area contributed by atoms with E-state index >= 15 is 0 Å². The van der Waals surface area contributed by atoms with Crippen molar-refractivity contribution in [3.63, 3.8) is 0 Å². The molecule has 106 valence electrons. The lowest BCUT2D eigenvalue weighted by Gasteiger charge is -2.22. The molecule has 0 radical (unpaired) electrons. The standard InChI is InChI=1S/C13H22N4O2/c1-9-6-17(8-11(9)16(2)3)7-10-4-5-12(19-10)13(18)15-14/h4-5,9,11H,6-8,14H2,1-3H3,(H,15,18). The minimum atomic E-state index is -0.396. The lowest BCUT2D eigenvalue weighted by atomic mass is 10.1. The van der Waals surface area contributed by atoms with Gasteiger partial charge in [-0.3, -0.25) is 15.1 Å². The Kier molecular flexibility index (Phi) is 4.24. The number of hydrazine groups is 1. The number of carbonyl (C=O) groups is 1. The van der Waals surface area contributed by atoms with Crippen LogP contribution in [0.4, 0.5) is 0 Å². The quantitative estimate of drug-likeness (QED) is 0.465. The summed E-state index contributed by atoms with van der Waals surface area (Å²) < 4.78 is 5.48. The van der Waals surface area contributed by atoms with Crippen LogP contribution in [0.3, 0.4) is 0 Å². The minimum absolute atomic E-state index is 0.258. The van der Waals surface area contributed by atoms with Crippen molar-refractivity contribution in [3.05, 3.63) is 23.7 Å². The van der Waals surface area contributed by atoms with E-state index in [1.54, 1.807) is 6.07 Å². The van der Waals surface area contributed by atoms with E-state index < -0.39 is 5.91 Å². The first-order valence-corrected chi connectivity index (χ1v) is 6.49. The van der Waals surface area contributed by atoms with Crippen molar-refractivity contribution < 1.29 is 9.21 Å². The van der Waals surface area contributed by atoms with E-state index in [-0.39, 0.29) is 5.76 Å². The number of hydrogen-bond acceptors (Lipinski definition) is 5. The average Bonchev–Trinajstić information content (AvgIpc) is 2.95. The number of nitrogens with two attached hydrogens (primary N) is 1. The van der Waals surface area contributed by atoms with Gasteiger partial charge >= 0.3 is 5.91 Å². The first-order valence-electron chi connectivity index (χ1n) is 6.49. The van der Waals surface area contributed by atoms with Crippen LogP contribution in [-0.2, 0) is 6.54 Å². The largest absolute Gasteiger partial charge is 0.455 e. The molecule has 6 heteroatoms. The third kappa shape index (κ3) is 3.15. The number of hydrogen-bond donors (Lipinski definition) is 2. The summed E-state index contributed by atoms with van der Waals surface area (Å²) in [6, 6.07) is 4.06. The summed E-state index contributed by atoms with van der Waals surface area (Å²) in [5.41, 5.74) is 2.06.